The number of allylic oxidation sites excluding steroid dienone is 1. The molecule has 1 aromatic heterocycles. The standard InChI is InChI=1S/C18H19N5O3/c1-21(2)11-7-5-10(6-8-11)13-12(9-19)15(20)26-17-14(13)16(24)22(3)18(25)23(17)4/h5-8,13H,20H2,1-4H3/t13-/m1/s1. The lowest BCUT2D eigenvalue weighted by atomic mass is 9.85. The smallest absolute Gasteiger partial charge is 0.333 e. The van der Waals surface area contributed by atoms with E-state index in [1.807, 2.05) is 49.3 Å². The van der Waals surface area contributed by atoms with Gasteiger partial charge in [0, 0.05) is 33.9 Å². The summed E-state index contributed by atoms with van der Waals surface area (Å²) in [6.45, 7) is 0. The molecule has 0 saturated carbocycles. The van der Waals surface area contributed by atoms with E-state index in [0.717, 1.165) is 15.8 Å². The van der Waals surface area contributed by atoms with Gasteiger partial charge in [-0.05, 0) is 17.7 Å². The van der Waals surface area contributed by atoms with Crippen LogP contribution in [0.4, 0.5) is 5.69 Å². The Morgan fingerprint density at radius 3 is 2.31 bits per heavy atom. The summed E-state index contributed by atoms with van der Waals surface area (Å²) in [5, 5.41) is 9.59. The monoisotopic (exact) mass is 353 g/mol. The maximum atomic E-state index is 12.8. The van der Waals surface area contributed by atoms with Gasteiger partial charge in [-0.1, -0.05) is 12.1 Å². The van der Waals surface area contributed by atoms with E-state index in [-0.39, 0.29) is 22.9 Å². The Bertz CT molecular complexity index is 1070. The first-order valence-corrected chi connectivity index (χ1v) is 7.92. The molecule has 8 nitrogen and oxygen atoms in total. The van der Waals surface area contributed by atoms with Gasteiger partial charge in [-0.3, -0.25) is 13.9 Å². The van der Waals surface area contributed by atoms with Gasteiger partial charge < -0.3 is 15.4 Å². The Morgan fingerprint density at radius 1 is 1.15 bits per heavy atom. The fourth-order valence-corrected chi connectivity index (χ4v) is 3.09. The van der Waals surface area contributed by atoms with Crippen LogP contribution in [0.3, 0.4) is 0 Å². The van der Waals surface area contributed by atoms with Crippen molar-refractivity contribution in [2.45, 2.75) is 5.92 Å². The zero-order chi connectivity index (χ0) is 19.2. The first-order chi connectivity index (χ1) is 12.3. The molecule has 1 aliphatic heterocycles. The van der Waals surface area contributed by atoms with Crippen LogP contribution < -0.4 is 26.6 Å². The van der Waals surface area contributed by atoms with Crippen molar-refractivity contribution < 1.29 is 4.74 Å². The van der Waals surface area contributed by atoms with E-state index in [9.17, 15) is 14.9 Å². The van der Waals surface area contributed by atoms with Gasteiger partial charge in [-0.25, -0.2) is 4.79 Å². The summed E-state index contributed by atoms with van der Waals surface area (Å²) in [7, 11) is 6.73. The molecule has 1 atom stereocenters. The van der Waals surface area contributed by atoms with Crippen LogP contribution >= 0.6 is 0 Å². The molecule has 0 unspecified atom stereocenters. The van der Waals surface area contributed by atoms with Crippen LogP contribution in [0.25, 0.3) is 0 Å². The van der Waals surface area contributed by atoms with E-state index in [0.29, 0.717) is 0 Å². The molecule has 2 aromatic rings. The van der Waals surface area contributed by atoms with Crippen molar-refractivity contribution in [2.75, 3.05) is 19.0 Å². The number of fused-ring (bicyclic) bond motifs is 1. The zero-order valence-corrected chi connectivity index (χ0v) is 15.0. The molecule has 0 amide bonds. The van der Waals surface area contributed by atoms with Crippen LogP contribution in [0.15, 0.2) is 45.3 Å². The first-order valence-electron chi connectivity index (χ1n) is 7.92. The van der Waals surface area contributed by atoms with Gasteiger partial charge in [0.1, 0.15) is 11.6 Å². The number of aromatic nitrogens is 2. The summed E-state index contributed by atoms with van der Waals surface area (Å²) >= 11 is 0. The molecule has 0 fully saturated rings. The number of nitrogens with zero attached hydrogens (tertiary/aromatic N) is 4. The summed E-state index contributed by atoms with van der Waals surface area (Å²) in [5.74, 6) is -0.744. The largest absolute Gasteiger partial charge is 0.423 e. The highest BCUT2D eigenvalue weighted by molar-refractivity contribution is 5.55. The third-order valence-corrected chi connectivity index (χ3v) is 4.56. The van der Waals surface area contributed by atoms with Crippen molar-refractivity contribution in [3.05, 3.63) is 67.7 Å². The lowest BCUT2D eigenvalue weighted by molar-refractivity contribution is 0.348. The van der Waals surface area contributed by atoms with Crippen molar-refractivity contribution in [2.24, 2.45) is 19.8 Å². The molecule has 0 spiro atoms. The normalized spacial score (nSPS) is 15.9. The maximum Gasteiger partial charge on any atom is 0.333 e. The van der Waals surface area contributed by atoms with Crippen LogP contribution in [-0.2, 0) is 14.1 Å². The minimum atomic E-state index is -0.703. The number of benzene rings is 1. The fourth-order valence-electron chi connectivity index (χ4n) is 3.09. The molecular weight excluding hydrogens is 334 g/mol. The van der Waals surface area contributed by atoms with Crippen molar-refractivity contribution in [3.63, 3.8) is 0 Å². The Balaban J connectivity index is 2.33. The van der Waals surface area contributed by atoms with Crippen LogP contribution in [-0.4, -0.2) is 23.2 Å². The van der Waals surface area contributed by atoms with Crippen LogP contribution in [0.5, 0.6) is 5.88 Å². The Kier molecular flexibility index (Phi) is 4.08. The quantitative estimate of drug-likeness (QED) is 0.836. The number of nitrogens with two attached hydrogens (primary N) is 1. The molecule has 1 aromatic carbocycles. The number of rotatable bonds is 2. The SMILES string of the molecule is CN(C)c1ccc([C@@H]2C(C#N)=C(N)Oc3c2c(=O)n(C)c(=O)n3C)cc1. The predicted molar refractivity (Wildman–Crippen MR) is 97.0 cm³/mol. The van der Waals surface area contributed by atoms with Gasteiger partial charge in [-0.2, -0.15) is 5.26 Å². The molecule has 3 rings (SSSR count). The molecular formula is C18H19N5O3. The molecule has 26 heavy (non-hydrogen) atoms. The minimum Gasteiger partial charge on any atom is -0.423 e. The lowest BCUT2D eigenvalue weighted by Gasteiger charge is -2.27. The van der Waals surface area contributed by atoms with E-state index < -0.39 is 17.2 Å². The third kappa shape index (κ3) is 2.45. The van der Waals surface area contributed by atoms with Gasteiger partial charge in [0.05, 0.1) is 11.5 Å². The van der Waals surface area contributed by atoms with E-state index >= 15 is 0 Å². The fraction of sp³-hybridized carbons (Fsp3) is 0.278. The van der Waals surface area contributed by atoms with Crippen LogP contribution in [0, 0.1) is 11.3 Å². The van der Waals surface area contributed by atoms with Crippen molar-refractivity contribution in [1.82, 2.24) is 9.13 Å². The highest BCUT2D eigenvalue weighted by Gasteiger charge is 2.35. The van der Waals surface area contributed by atoms with Crippen LogP contribution in [0.2, 0.25) is 0 Å². The second-order valence-electron chi connectivity index (χ2n) is 6.34. The molecule has 134 valence electrons. The third-order valence-electron chi connectivity index (χ3n) is 4.56. The van der Waals surface area contributed by atoms with E-state index in [4.69, 9.17) is 10.5 Å². The number of hydrogen-bond acceptors (Lipinski definition) is 6. The van der Waals surface area contributed by atoms with E-state index in [1.54, 1.807) is 0 Å². The predicted octanol–water partition coefficient (Wildman–Crippen LogP) is 0.368. The molecule has 2 N–H and O–H groups in total. The van der Waals surface area contributed by atoms with Gasteiger partial charge in [0.2, 0.25) is 11.8 Å². The number of ether oxygens (including phenoxy) is 1. The Morgan fingerprint density at radius 2 is 1.77 bits per heavy atom. The summed E-state index contributed by atoms with van der Waals surface area (Å²) < 4.78 is 7.69. The maximum absolute atomic E-state index is 12.8. The second kappa shape index (κ2) is 6.11. The van der Waals surface area contributed by atoms with Crippen molar-refractivity contribution in [1.29, 1.82) is 5.26 Å². The molecule has 0 saturated heterocycles. The van der Waals surface area contributed by atoms with Gasteiger partial charge in [0.15, 0.2) is 0 Å². The van der Waals surface area contributed by atoms with E-state index in [1.165, 1.54) is 18.7 Å². The topological polar surface area (TPSA) is 106 Å². The summed E-state index contributed by atoms with van der Waals surface area (Å²) in [4.78, 5) is 26.9. The lowest BCUT2D eigenvalue weighted by Crippen LogP contribution is -2.42. The molecule has 0 radical (unpaired) electrons. The molecule has 2 heterocycles. The average Bonchev–Trinajstić information content (AvgIpc) is 2.63. The minimum absolute atomic E-state index is 0.0660. The second-order valence-corrected chi connectivity index (χ2v) is 6.34. The van der Waals surface area contributed by atoms with Gasteiger partial charge in [0.25, 0.3) is 5.56 Å². The molecule has 0 aliphatic carbocycles. The first kappa shape index (κ1) is 17.4. The average molecular weight is 353 g/mol. The Hall–Kier alpha value is -3.47. The molecule has 8 heteroatoms. The van der Waals surface area contributed by atoms with Crippen LogP contribution in [0.1, 0.15) is 17.0 Å². The highest BCUT2D eigenvalue weighted by atomic mass is 16.5. The summed E-state index contributed by atoms with van der Waals surface area (Å²) in [6, 6.07) is 9.50. The molecule has 1 aliphatic rings. The highest BCUT2D eigenvalue weighted by Crippen LogP contribution is 2.39. The number of nitriles is 1. The molecule has 0 bridgehead atoms. The van der Waals surface area contributed by atoms with Crippen molar-refractivity contribution >= 4 is 5.69 Å². The van der Waals surface area contributed by atoms with Gasteiger partial charge in [-0.15, -0.1) is 0 Å². The van der Waals surface area contributed by atoms with Crippen molar-refractivity contribution in [3.8, 4) is 11.9 Å². The zero-order valence-electron chi connectivity index (χ0n) is 15.0. The van der Waals surface area contributed by atoms with E-state index in [2.05, 4.69) is 0 Å². The number of hydrogen-bond donors (Lipinski definition) is 1. The Labute approximate surface area is 150 Å². The summed E-state index contributed by atoms with van der Waals surface area (Å²) in [6.07, 6.45) is 0. The number of anilines is 1. The summed E-state index contributed by atoms with van der Waals surface area (Å²) in [5.41, 5.74) is 6.95. The van der Waals surface area contributed by atoms with Gasteiger partial charge >= 0.3 is 5.69 Å².